The third-order valence-corrected chi connectivity index (χ3v) is 3.22. The van der Waals surface area contributed by atoms with Gasteiger partial charge in [0.15, 0.2) is 0 Å². The number of amides is 1. The van der Waals surface area contributed by atoms with Crippen molar-refractivity contribution in [2.24, 2.45) is 0 Å². The van der Waals surface area contributed by atoms with E-state index in [1.54, 1.807) is 30.2 Å². The van der Waals surface area contributed by atoms with E-state index in [2.05, 4.69) is 5.32 Å². The molecule has 0 saturated carbocycles. The molecule has 0 spiro atoms. The number of ether oxygens (including phenoxy) is 1. The minimum absolute atomic E-state index is 0.0998. The number of hydrogen-bond acceptors (Lipinski definition) is 3. The van der Waals surface area contributed by atoms with Crippen molar-refractivity contribution in [1.29, 1.82) is 0 Å². The van der Waals surface area contributed by atoms with Crippen LogP contribution in [0.25, 0.3) is 0 Å². The van der Waals surface area contributed by atoms with Gasteiger partial charge in [-0.15, -0.1) is 0 Å². The molecule has 1 saturated heterocycles. The molecule has 2 rings (SSSR count). The van der Waals surface area contributed by atoms with Crippen LogP contribution in [0.3, 0.4) is 0 Å². The van der Waals surface area contributed by atoms with Gasteiger partial charge in [-0.05, 0) is 31.2 Å². The van der Waals surface area contributed by atoms with Gasteiger partial charge in [-0.2, -0.15) is 0 Å². The lowest BCUT2D eigenvalue weighted by Gasteiger charge is -2.26. The highest BCUT2D eigenvalue weighted by Gasteiger charge is 2.20. The summed E-state index contributed by atoms with van der Waals surface area (Å²) >= 11 is 6.01. The molecule has 1 N–H and O–H groups in total. The smallest absolute Gasteiger partial charge is 0.228 e. The van der Waals surface area contributed by atoms with E-state index in [0.29, 0.717) is 23.7 Å². The van der Waals surface area contributed by atoms with Crippen LogP contribution in [0.15, 0.2) is 18.2 Å². The SMILES string of the molecule is COc1ccc(Cl)cc1N1CCCNCCC1=O. The average Bonchev–Trinajstić information content (AvgIpc) is 2.34. The number of hydrogen-bond donors (Lipinski definition) is 1. The van der Waals surface area contributed by atoms with Crippen LogP contribution in [0.4, 0.5) is 5.69 Å². The number of halogens is 1. The summed E-state index contributed by atoms with van der Waals surface area (Å²) in [5.41, 5.74) is 0.761. The van der Waals surface area contributed by atoms with Crippen molar-refractivity contribution in [2.45, 2.75) is 12.8 Å². The maximum absolute atomic E-state index is 12.1. The summed E-state index contributed by atoms with van der Waals surface area (Å²) < 4.78 is 5.31. The molecule has 18 heavy (non-hydrogen) atoms. The summed E-state index contributed by atoms with van der Waals surface area (Å²) in [5.74, 6) is 0.782. The molecule has 0 aromatic heterocycles. The molecule has 1 amide bonds. The van der Waals surface area contributed by atoms with Crippen molar-refractivity contribution < 1.29 is 9.53 Å². The first-order valence-corrected chi connectivity index (χ1v) is 6.45. The van der Waals surface area contributed by atoms with Gasteiger partial charge in [0.05, 0.1) is 12.8 Å². The predicted octanol–water partition coefficient (Wildman–Crippen LogP) is 2.06. The number of carbonyl (C=O) groups excluding carboxylic acids is 1. The Balaban J connectivity index is 2.31. The van der Waals surface area contributed by atoms with E-state index in [9.17, 15) is 4.79 Å². The van der Waals surface area contributed by atoms with Crippen LogP contribution in [0.2, 0.25) is 5.02 Å². The van der Waals surface area contributed by atoms with Crippen LogP contribution < -0.4 is 15.0 Å². The second kappa shape index (κ2) is 6.07. The molecular weight excluding hydrogens is 252 g/mol. The molecule has 1 fully saturated rings. The van der Waals surface area contributed by atoms with E-state index in [-0.39, 0.29) is 5.91 Å². The van der Waals surface area contributed by atoms with E-state index in [1.807, 2.05) is 0 Å². The summed E-state index contributed by atoms with van der Waals surface area (Å²) in [5, 5.41) is 3.83. The number of carbonyl (C=O) groups is 1. The summed E-state index contributed by atoms with van der Waals surface area (Å²) in [6, 6.07) is 5.34. The topological polar surface area (TPSA) is 41.6 Å². The first-order valence-electron chi connectivity index (χ1n) is 6.07. The Morgan fingerprint density at radius 3 is 3.00 bits per heavy atom. The number of methoxy groups -OCH3 is 1. The van der Waals surface area contributed by atoms with Gasteiger partial charge in [0.1, 0.15) is 5.75 Å². The van der Waals surface area contributed by atoms with Crippen molar-refractivity contribution in [3.05, 3.63) is 23.2 Å². The Kier molecular flexibility index (Phi) is 4.44. The largest absolute Gasteiger partial charge is 0.495 e. The summed E-state index contributed by atoms with van der Waals surface area (Å²) in [7, 11) is 1.60. The van der Waals surface area contributed by atoms with Gasteiger partial charge in [0.2, 0.25) is 5.91 Å². The summed E-state index contributed by atoms with van der Waals surface area (Å²) in [6.45, 7) is 2.33. The molecule has 0 unspecified atom stereocenters. The first-order chi connectivity index (χ1) is 8.72. The lowest BCUT2D eigenvalue weighted by atomic mass is 10.2. The maximum Gasteiger partial charge on any atom is 0.228 e. The molecule has 0 atom stereocenters. The highest BCUT2D eigenvalue weighted by Crippen LogP contribution is 2.32. The number of nitrogens with zero attached hydrogens (tertiary/aromatic N) is 1. The van der Waals surface area contributed by atoms with E-state index in [4.69, 9.17) is 16.3 Å². The molecule has 0 bridgehead atoms. The van der Waals surface area contributed by atoms with Crippen molar-refractivity contribution in [3.63, 3.8) is 0 Å². The van der Waals surface area contributed by atoms with Gasteiger partial charge in [-0.1, -0.05) is 11.6 Å². The second-order valence-corrected chi connectivity index (χ2v) is 4.65. The fraction of sp³-hybridized carbons (Fsp3) is 0.462. The minimum Gasteiger partial charge on any atom is -0.495 e. The molecule has 98 valence electrons. The Morgan fingerprint density at radius 2 is 2.22 bits per heavy atom. The average molecular weight is 269 g/mol. The van der Waals surface area contributed by atoms with Crippen LogP contribution in [-0.4, -0.2) is 32.7 Å². The fourth-order valence-electron chi connectivity index (χ4n) is 2.07. The van der Waals surface area contributed by atoms with Gasteiger partial charge >= 0.3 is 0 Å². The minimum atomic E-state index is 0.0998. The van der Waals surface area contributed by atoms with E-state index in [0.717, 1.165) is 25.2 Å². The van der Waals surface area contributed by atoms with E-state index >= 15 is 0 Å². The van der Waals surface area contributed by atoms with Crippen molar-refractivity contribution in [1.82, 2.24) is 5.32 Å². The summed E-state index contributed by atoms with van der Waals surface area (Å²) in [4.78, 5) is 13.9. The molecule has 0 aliphatic carbocycles. The molecule has 1 aromatic rings. The normalized spacial score (nSPS) is 17.2. The number of rotatable bonds is 2. The molecule has 5 heteroatoms. The Morgan fingerprint density at radius 1 is 1.39 bits per heavy atom. The van der Waals surface area contributed by atoms with E-state index in [1.165, 1.54) is 0 Å². The third kappa shape index (κ3) is 2.94. The lowest BCUT2D eigenvalue weighted by Crippen LogP contribution is -2.38. The molecule has 1 aliphatic heterocycles. The van der Waals surface area contributed by atoms with Gasteiger partial charge in [-0.3, -0.25) is 4.79 Å². The second-order valence-electron chi connectivity index (χ2n) is 4.22. The Hall–Kier alpha value is -1.26. The third-order valence-electron chi connectivity index (χ3n) is 2.98. The fourth-order valence-corrected chi connectivity index (χ4v) is 2.24. The van der Waals surface area contributed by atoms with Crippen LogP contribution in [0, 0.1) is 0 Å². The zero-order valence-electron chi connectivity index (χ0n) is 10.4. The van der Waals surface area contributed by atoms with E-state index < -0.39 is 0 Å². The quantitative estimate of drug-likeness (QED) is 0.893. The van der Waals surface area contributed by atoms with Crippen molar-refractivity contribution >= 4 is 23.2 Å². The molecule has 1 aliphatic rings. The van der Waals surface area contributed by atoms with Crippen LogP contribution >= 0.6 is 11.6 Å². The number of nitrogens with one attached hydrogen (secondary N) is 1. The molecule has 1 aromatic carbocycles. The van der Waals surface area contributed by atoms with Crippen molar-refractivity contribution in [3.8, 4) is 5.75 Å². The van der Waals surface area contributed by atoms with Gasteiger partial charge in [-0.25, -0.2) is 0 Å². The molecule has 4 nitrogen and oxygen atoms in total. The number of anilines is 1. The maximum atomic E-state index is 12.1. The summed E-state index contributed by atoms with van der Waals surface area (Å²) in [6.07, 6.45) is 1.41. The molecule has 0 radical (unpaired) electrons. The van der Waals surface area contributed by atoms with Gasteiger partial charge in [0, 0.05) is 24.5 Å². The first kappa shape index (κ1) is 13.2. The highest BCUT2D eigenvalue weighted by atomic mass is 35.5. The van der Waals surface area contributed by atoms with Gasteiger partial charge < -0.3 is 15.0 Å². The zero-order valence-corrected chi connectivity index (χ0v) is 11.2. The standard InChI is InChI=1S/C13H17ClN2O2/c1-18-12-4-3-10(14)9-11(12)16-8-2-6-15-7-5-13(16)17/h3-4,9,15H,2,5-8H2,1H3. The Bertz CT molecular complexity index is 437. The highest BCUT2D eigenvalue weighted by molar-refractivity contribution is 6.31. The van der Waals surface area contributed by atoms with Crippen LogP contribution in [0.5, 0.6) is 5.75 Å². The van der Waals surface area contributed by atoms with Crippen LogP contribution in [0.1, 0.15) is 12.8 Å². The zero-order chi connectivity index (χ0) is 13.0. The number of benzene rings is 1. The van der Waals surface area contributed by atoms with Crippen molar-refractivity contribution in [2.75, 3.05) is 31.6 Å². The molecular formula is C13H17ClN2O2. The van der Waals surface area contributed by atoms with Crippen LogP contribution in [-0.2, 0) is 4.79 Å². The predicted molar refractivity (Wildman–Crippen MR) is 72.5 cm³/mol. The Labute approximate surface area is 112 Å². The lowest BCUT2D eigenvalue weighted by molar-refractivity contribution is -0.118. The monoisotopic (exact) mass is 268 g/mol. The molecule has 1 heterocycles. The van der Waals surface area contributed by atoms with Gasteiger partial charge in [0.25, 0.3) is 0 Å².